The zero-order chi connectivity index (χ0) is 12.5. The average molecular weight is 242 g/mol. The van der Waals surface area contributed by atoms with E-state index in [4.69, 9.17) is 10.5 Å². The molecule has 1 saturated carbocycles. The molecule has 102 valence electrons. The Morgan fingerprint density at radius 2 is 1.88 bits per heavy atom. The van der Waals surface area contributed by atoms with Crippen molar-refractivity contribution in [1.29, 1.82) is 0 Å². The highest BCUT2D eigenvalue weighted by Crippen LogP contribution is 2.23. The minimum absolute atomic E-state index is 0.523. The van der Waals surface area contributed by atoms with Crippen molar-refractivity contribution in [2.24, 2.45) is 5.73 Å². The summed E-state index contributed by atoms with van der Waals surface area (Å²) in [7, 11) is 1.80. The van der Waals surface area contributed by atoms with E-state index < -0.39 is 0 Å². The fourth-order valence-corrected chi connectivity index (χ4v) is 2.96. The molecule has 3 nitrogen and oxygen atoms in total. The summed E-state index contributed by atoms with van der Waals surface area (Å²) in [5, 5.41) is 0. The fraction of sp³-hybridized carbons (Fsp3) is 1.00. The van der Waals surface area contributed by atoms with Crippen molar-refractivity contribution >= 4 is 0 Å². The summed E-state index contributed by atoms with van der Waals surface area (Å²) in [5.41, 5.74) is 5.65. The standard InChI is InChI=1S/C14H30N2O/c1-13(12-17-2)16(11-7-10-15)14-8-5-3-4-6-9-14/h13-14H,3-12,15H2,1-2H3. The minimum Gasteiger partial charge on any atom is -0.383 e. The highest BCUT2D eigenvalue weighted by Gasteiger charge is 2.23. The van der Waals surface area contributed by atoms with Crippen LogP contribution in [0.1, 0.15) is 51.9 Å². The molecule has 0 aromatic heterocycles. The van der Waals surface area contributed by atoms with E-state index >= 15 is 0 Å². The molecular weight excluding hydrogens is 212 g/mol. The van der Waals surface area contributed by atoms with E-state index in [0.29, 0.717) is 6.04 Å². The molecule has 3 heteroatoms. The molecule has 0 aliphatic heterocycles. The summed E-state index contributed by atoms with van der Waals surface area (Å²) in [4.78, 5) is 2.64. The van der Waals surface area contributed by atoms with E-state index in [0.717, 1.165) is 32.2 Å². The summed E-state index contributed by atoms with van der Waals surface area (Å²) in [6, 6.07) is 1.28. The molecule has 0 bridgehead atoms. The first-order valence-electron chi connectivity index (χ1n) is 7.24. The number of hydrogen-bond acceptors (Lipinski definition) is 3. The lowest BCUT2D eigenvalue weighted by molar-refractivity contribution is 0.0629. The first-order valence-corrected chi connectivity index (χ1v) is 7.24. The molecule has 0 heterocycles. The normalized spacial score (nSPS) is 20.5. The molecule has 2 N–H and O–H groups in total. The number of methoxy groups -OCH3 is 1. The minimum atomic E-state index is 0.523. The van der Waals surface area contributed by atoms with E-state index in [9.17, 15) is 0 Å². The number of nitrogens with two attached hydrogens (primary N) is 1. The van der Waals surface area contributed by atoms with Gasteiger partial charge >= 0.3 is 0 Å². The van der Waals surface area contributed by atoms with Crippen molar-refractivity contribution < 1.29 is 4.74 Å². The second kappa shape index (κ2) is 8.90. The molecule has 1 aliphatic rings. The molecule has 0 spiro atoms. The maximum absolute atomic E-state index is 5.65. The smallest absolute Gasteiger partial charge is 0.0615 e. The molecule has 0 aromatic rings. The lowest BCUT2D eigenvalue weighted by atomic mass is 10.0. The fourth-order valence-electron chi connectivity index (χ4n) is 2.96. The van der Waals surface area contributed by atoms with Crippen molar-refractivity contribution in [3.63, 3.8) is 0 Å². The van der Waals surface area contributed by atoms with Gasteiger partial charge in [-0.15, -0.1) is 0 Å². The molecular formula is C14H30N2O. The van der Waals surface area contributed by atoms with E-state index in [-0.39, 0.29) is 0 Å². The quantitative estimate of drug-likeness (QED) is 0.697. The number of hydrogen-bond donors (Lipinski definition) is 1. The molecule has 0 saturated heterocycles. The van der Waals surface area contributed by atoms with Gasteiger partial charge in [0.25, 0.3) is 0 Å². The van der Waals surface area contributed by atoms with Gasteiger partial charge in [-0.3, -0.25) is 4.90 Å². The predicted octanol–water partition coefficient (Wildman–Crippen LogP) is 2.39. The molecule has 0 amide bonds. The van der Waals surface area contributed by atoms with Gasteiger partial charge in [-0.1, -0.05) is 25.7 Å². The number of rotatable bonds is 7. The van der Waals surface area contributed by atoms with Crippen LogP contribution in [0, 0.1) is 0 Å². The van der Waals surface area contributed by atoms with Gasteiger partial charge in [-0.25, -0.2) is 0 Å². The lowest BCUT2D eigenvalue weighted by Gasteiger charge is -2.36. The summed E-state index contributed by atoms with van der Waals surface area (Å²) in [5.74, 6) is 0. The second-order valence-electron chi connectivity index (χ2n) is 5.33. The molecule has 1 atom stereocenters. The first-order chi connectivity index (χ1) is 8.29. The Morgan fingerprint density at radius 1 is 1.24 bits per heavy atom. The van der Waals surface area contributed by atoms with E-state index in [2.05, 4.69) is 11.8 Å². The van der Waals surface area contributed by atoms with Crippen molar-refractivity contribution in [2.75, 3.05) is 26.8 Å². The van der Waals surface area contributed by atoms with Gasteiger partial charge in [0, 0.05) is 25.7 Å². The molecule has 0 aromatic carbocycles. The van der Waals surface area contributed by atoms with Crippen LogP contribution in [0.25, 0.3) is 0 Å². The highest BCUT2D eigenvalue weighted by atomic mass is 16.5. The van der Waals surface area contributed by atoms with E-state index in [1.54, 1.807) is 7.11 Å². The molecule has 1 aliphatic carbocycles. The van der Waals surface area contributed by atoms with E-state index in [1.807, 2.05) is 0 Å². The third-order valence-electron chi connectivity index (χ3n) is 3.89. The maximum atomic E-state index is 5.65. The van der Waals surface area contributed by atoms with Crippen LogP contribution in [0.3, 0.4) is 0 Å². The SMILES string of the molecule is COCC(C)N(CCCN)C1CCCCCC1. The van der Waals surface area contributed by atoms with Crippen molar-refractivity contribution in [3.05, 3.63) is 0 Å². The van der Waals surface area contributed by atoms with Crippen LogP contribution in [-0.2, 0) is 4.74 Å². The zero-order valence-electron chi connectivity index (χ0n) is 11.7. The third kappa shape index (κ3) is 5.36. The molecule has 17 heavy (non-hydrogen) atoms. The monoisotopic (exact) mass is 242 g/mol. The van der Waals surface area contributed by atoms with Crippen LogP contribution in [0.4, 0.5) is 0 Å². The average Bonchev–Trinajstić information content (AvgIpc) is 2.59. The zero-order valence-corrected chi connectivity index (χ0v) is 11.7. The van der Waals surface area contributed by atoms with Crippen molar-refractivity contribution in [2.45, 2.75) is 64.0 Å². The Kier molecular flexibility index (Phi) is 7.82. The molecule has 1 fully saturated rings. The van der Waals surface area contributed by atoms with Crippen LogP contribution < -0.4 is 5.73 Å². The van der Waals surface area contributed by atoms with Crippen LogP contribution in [0.2, 0.25) is 0 Å². The topological polar surface area (TPSA) is 38.5 Å². The van der Waals surface area contributed by atoms with Gasteiger partial charge in [0.2, 0.25) is 0 Å². The lowest BCUT2D eigenvalue weighted by Crippen LogP contribution is -2.44. The van der Waals surface area contributed by atoms with Crippen LogP contribution >= 0.6 is 0 Å². The van der Waals surface area contributed by atoms with Crippen molar-refractivity contribution in [3.8, 4) is 0 Å². The predicted molar refractivity (Wildman–Crippen MR) is 73.2 cm³/mol. The van der Waals surface area contributed by atoms with Crippen LogP contribution in [-0.4, -0.2) is 43.8 Å². The van der Waals surface area contributed by atoms with Gasteiger partial charge in [-0.2, -0.15) is 0 Å². The van der Waals surface area contributed by atoms with Gasteiger partial charge < -0.3 is 10.5 Å². The molecule has 1 unspecified atom stereocenters. The second-order valence-corrected chi connectivity index (χ2v) is 5.33. The summed E-state index contributed by atoms with van der Waals surface area (Å²) in [6.07, 6.45) is 9.44. The highest BCUT2D eigenvalue weighted by molar-refractivity contribution is 4.79. The van der Waals surface area contributed by atoms with Crippen LogP contribution in [0.5, 0.6) is 0 Å². The molecule has 0 radical (unpaired) electrons. The van der Waals surface area contributed by atoms with Gasteiger partial charge in [0.1, 0.15) is 0 Å². The summed E-state index contributed by atoms with van der Waals surface area (Å²) >= 11 is 0. The Balaban J connectivity index is 2.52. The van der Waals surface area contributed by atoms with Gasteiger partial charge in [-0.05, 0) is 32.7 Å². The van der Waals surface area contributed by atoms with E-state index in [1.165, 1.54) is 38.5 Å². The maximum Gasteiger partial charge on any atom is 0.0615 e. The Morgan fingerprint density at radius 3 is 2.41 bits per heavy atom. The van der Waals surface area contributed by atoms with Crippen LogP contribution in [0.15, 0.2) is 0 Å². The van der Waals surface area contributed by atoms with Gasteiger partial charge in [0.15, 0.2) is 0 Å². The summed E-state index contributed by atoms with van der Waals surface area (Å²) < 4.78 is 5.31. The summed E-state index contributed by atoms with van der Waals surface area (Å²) in [6.45, 7) is 5.04. The first kappa shape index (κ1) is 14.9. The Bertz CT molecular complexity index is 179. The largest absolute Gasteiger partial charge is 0.383 e. The number of nitrogens with zero attached hydrogens (tertiary/aromatic N) is 1. The Hall–Kier alpha value is -0.120. The molecule has 1 rings (SSSR count). The Labute approximate surface area is 107 Å². The number of ether oxygens (including phenoxy) is 1. The van der Waals surface area contributed by atoms with Crippen molar-refractivity contribution in [1.82, 2.24) is 4.90 Å². The van der Waals surface area contributed by atoms with Gasteiger partial charge in [0.05, 0.1) is 6.61 Å². The third-order valence-corrected chi connectivity index (χ3v) is 3.89.